The number of ether oxygens (including phenoxy) is 1. The van der Waals surface area contributed by atoms with Crippen LogP contribution in [0.25, 0.3) is 79.5 Å². The van der Waals surface area contributed by atoms with Crippen molar-refractivity contribution in [2.75, 3.05) is 0 Å². The molecular formula is C55H34N6O. The third-order valence-electron chi connectivity index (χ3n) is 11.9. The molecule has 0 amide bonds. The number of benzene rings is 8. The van der Waals surface area contributed by atoms with E-state index in [-0.39, 0.29) is 0 Å². The molecule has 2 aliphatic rings. The standard InChI is InChI=1S/C55H34N6O/c1-5-19-35(20-6-1)49-56-50(36-21-7-2-8-22-36)59-53(58-49)41-29-17-28-40-39-27-13-14-31-43(39)55(47(40)41)44-32-15-16-34-46(44)62-48-42(30-18-33-45(48)55)54-60-51(37-23-9-3-10-24-37)57-52(61-54)38-25-11-4-12-26-38/h1-34H. The SMILES string of the molecule is c1ccc(-c2nc(-c3ccccc3)nc(-c3cccc4c3Oc3ccccc3C43c4ccccc4-c4cccc(-c5nc(-c6ccccc6)nc(-c6ccccc6)n5)c43)n2)cc1. The lowest BCUT2D eigenvalue weighted by Gasteiger charge is -2.40. The van der Waals surface area contributed by atoms with Crippen LogP contribution in [-0.2, 0) is 5.41 Å². The smallest absolute Gasteiger partial charge is 0.167 e. The highest BCUT2D eigenvalue weighted by Gasteiger charge is 2.53. The van der Waals surface area contributed by atoms with Crippen LogP contribution >= 0.6 is 0 Å². The van der Waals surface area contributed by atoms with Crippen molar-refractivity contribution in [3.8, 4) is 91.0 Å². The van der Waals surface area contributed by atoms with Gasteiger partial charge in [0.05, 0.1) is 11.0 Å². The molecule has 10 aromatic rings. The normalized spacial score (nSPS) is 14.3. The predicted octanol–water partition coefficient (Wildman–Crippen LogP) is 12.5. The first-order chi connectivity index (χ1) is 30.7. The Balaban J connectivity index is 1.15. The topological polar surface area (TPSA) is 86.6 Å². The van der Waals surface area contributed by atoms with E-state index in [4.69, 9.17) is 34.6 Å². The lowest BCUT2D eigenvalue weighted by Crippen LogP contribution is -2.33. The number of para-hydroxylation sites is 2. The van der Waals surface area contributed by atoms with Crippen LogP contribution in [0.3, 0.4) is 0 Å². The highest BCUT2D eigenvalue weighted by molar-refractivity contribution is 5.94. The van der Waals surface area contributed by atoms with Gasteiger partial charge in [-0.05, 0) is 34.4 Å². The number of nitrogens with zero attached hydrogens (tertiary/aromatic N) is 6. The largest absolute Gasteiger partial charge is 0.456 e. The summed E-state index contributed by atoms with van der Waals surface area (Å²) in [6.07, 6.45) is 0. The van der Waals surface area contributed by atoms with Crippen molar-refractivity contribution in [1.29, 1.82) is 0 Å². The summed E-state index contributed by atoms with van der Waals surface area (Å²) >= 11 is 0. The molecule has 0 N–H and O–H groups in total. The Morgan fingerprint density at radius 1 is 0.274 bits per heavy atom. The Morgan fingerprint density at radius 3 is 1.19 bits per heavy atom. The van der Waals surface area contributed by atoms with Crippen LogP contribution in [0.5, 0.6) is 11.5 Å². The highest BCUT2D eigenvalue weighted by atomic mass is 16.5. The Morgan fingerprint density at radius 2 is 0.645 bits per heavy atom. The fourth-order valence-electron chi connectivity index (χ4n) is 9.20. The molecule has 1 spiro atoms. The summed E-state index contributed by atoms with van der Waals surface area (Å²) in [7, 11) is 0. The Labute approximate surface area is 358 Å². The summed E-state index contributed by atoms with van der Waals surface area (Å²) in [5.41, 5.74) is 10.9. The van der Waals surface area contributed by atoms with Crippen molar-refractivity contribution < 1.29 is 4.74 Å². The van der Waals surface area contributed by atoms with E-state index in [9.17, 15) is 0 Å². The molecule has 290 valence electrons. The monoisotopic (exact) mass is 794 g/mol. The van der Waals surface area contributed by atoms with Crippen LogP contribution in [0, 0.1) is 0 Å². The summed E-state index contributed by atoms with van der Waals surface area (Å²) in [5.74, 6) is 4.89. The molecule has 8 aromatic carbocycles. The van der Waals surface area contributed by atoms with E-state index in [2.05, 4.69) is 78.9 Å². The Hall–Kier alpha value is -8.42. The van der Waals surface area contributed by atoms with E-state index in [0.717, 1.165) is 72.5 Å². The van der Waals surface area contributed by atoms with E-state index in [1.165, 1.54) is 0 Å². The van der Waals surface area contributed by atoms with Gasteiger partial charge in [0, 0.05) is 38.9 Å². The van der Waals surface area contributed by atoms with Gasteiger partial charge >= 0.3 is 0 Å². The second kappa shape index (κ2) is 14.4. The van der Waals surface area contributed by atoms with Gasteiger partial charge in [0.25, 0.3) is 0 Å². The quantitative estimate of drug-likeness (QED) is 0.166. The molecule has 0 saturated heterocycles. The molecule has 0 radical (unpaired) electrons. The van der Waals surface area contributed by atoms with Crippen molar-refractivity contribution in [1.82, 2.24) is 29.9 Å². The van der Waals surface area contributed by atoms with Gasteiger partial charge in [0.15, 0.2) is 34.9 Å². The number of aromatic nitrogens is 6. The van der Waals surface area contributed by atoms with Crippen LogP contribution < -0.4 is 4.74 Å². The minimum absolute atomic E-state index is 0.515. The van der Waals surface area contributed by atoms with Crippen molar-refractivity contribution >= 4 is 0 Å². The van der Waals surface area contributed by atoms with E-state index in [1.807, 2.05) is 127 Å². The Bertz CT molecular complexity index is 3210. The van der Waals surface area contributed by atoms with Crippen molar-refractivity contribution in [2.45, 2.75) is 5.41 Å². The summed E-state index contributed by atoms with van der Waals surface area (Å²) < 4.78 is 7.13. The minimum Gasteiger partial charge on any atom is -0.456 e. The lowest BCUT2D eigenvalue weighted by atomic mass is 9.64. The third-order valence-corrected chi connectivity index (χ3v) is 11.9. The predicted molar refractivity (Wildman–Crippen MR) is 243 cm³/mol. The van der Waals surface area contributed by atoms with E-state index in [0.29, 0.717) is 40.7 Å². The maximum atomic E-state index is 7.13. The first-order valence-corrected chi connectivity index (χ1v) is 20.6. The zero-order valence-electron chi connectivity index (χ0n) is 33.2. The maximum Gasteiger partial charge on any atom is 0.167 e. The van der Waals surface area contributed by atoms with Gasteiger partial charge in [-0.1, -0.05) is 194 Å². The van der Waals surface area contributed by atoms with Gasteiger partial charge in [0.1, 0.15) is 11.5 Å². The molecule has 1 aliphatic carbocycles. The molecule has 1 unspecified atom stereocenters. The number of hydrogen-bond acceptors (Lipinski definition) is 7. The second-order valence-electron chi connectivity index (χ2n) is 15.4. The second-order valence-corrected chi connectivity index (χ2v) is 15.4. The van der Waals surface area contributed by atoms with E-state index < -0.39 is 5.41 Å². The Kier molecular flexibility index (Phi) is 8.25. The van der Waals surface area contributed by atoms with Crippen LogP contribution in [0.2, 0.25) is 0 Å². The van der Waals surface area contributed by atoms with Gasteiger partial charge in [-0.15, -0.1) is 0 Å². The number of rotatable bonds is 6. The van der Waals surface area contributed by atoms with Gasteiger partial charge in [-0.25, -0.2) is 29.9 Å². The lowest BCUT2D eigenvalue weighted by molar-refractivity contribution is 0.438. The van der Waals surface area contributed by atoms with Crippen molar-refractivity contribution in [3.63, 3.8) is 0 Å². The third kappa shape index (κ3) is 5.59. The summed E-state index contributed by atoms with van der Waals surface area (Å²) in [6.45, 7) is 0. The number of fused-ring (bicyclic) bond motifs is 9. The van der Waals surface area contributed by atoms with Crippen LogP contribution in [0.4, 0.5) is 0 Å². The zero-order valence-corrected chi connectivity index (χ0v) is 33.2. The highest BCUT2D eigenvalue weighted by Crippen LogP contribution is 2.64. The van der Waals surface area contributed by atoms with E-state index in [1.54, 1.807) is 0 Å². The maximum absolute atomic E-state index is 7.13. The average Bonchev–Trinajstić information content (AvgIpc) is 3.65. The molecule has 62 heavy (non-hydrogen) atoms. The van der Waals surface area contributed by atoms with Crippen molar-refractivity contribution in [3.05, 3.63) is 229 Å². The molecule has 2 aromatic heterocycles. The van der Waals surface area contributed by atoms with Crippen LogP contribution in [-0.4, -0.2) is 29.9 Å². The molecule has 0 bridgehead atoms. The molecule has 1 atom stereocenters. The molecular weight excluding hydrogens is 761 g/mol. The molecule has 12 rings (SSSR count). The first-order valence-electron chi connectivity index (χ1n) is 20.6. The average molecular weight is 795 g/mol. The van der Waals surface area contributed by atoms with Crippen molar-refractivity contribution in [2.24, 2.45) is 0 Å². The fraction of sp³-hybridized carbons (Fsp3) is 0.0182. The van der Waals surface area contributed by atoms with Gasteiger partial charge in [-0.3, -0.25) is 0 Å². The molecule has 7 nitrogen and oxygen atoms in total. The zero-order chi connectivity index (χ0) is 41.0. The van der Waals surface area contributed by atoms with Crippen LogP contribution in [0.1, 0.15) is 22.3 Å². The summed E-state index contributed by atoms with van der Waals surface area (Å²) in [5, 5.41) is 0. The summed E-state index contributed by atoms with van der Waals surface area (Å²) in [6, 6.07) is 70.2. The molecule has 7 heteroatoms. The fourth-order valence-corrected chi connectivity index (χ4v) is 9.20. The van der Waals surface area contributed by atoms with Gasteiger partial charge in [0.2, 0.25) is 0 Å². The van der Waals surface area contributed by atoms with Crippen LogP contribution in [0.15, 0.2) is 206 Å². The van der Waals surface area contributed by atoms with Gasteiger partial charge < -0.3 is 4.74 Å². The minimum atomic E-state index is -0.854. The molecule has 3 heterocycles. The van der Waals surface area contributed by atoms with Gasteiger partial charge in [-0.2, -0.15) is 0 Å². The number of hydrogen-bond donors (Lipinski definition) is 0. The molecule has 0 fully saturated rings. The summed E-state index contributed by atoms with van der Waals surface area (Å²) in [4.78, 5) is 31.0. The molecule has 0 saturated carbocycles. The molecule has 1 aliphatic heterocycles. The van der Waals surface area contributed by atoms with E-state index >= 15 is 0 Å². The first kappa shape index (κ1) is 35.5.